The molecule has 0 aliphatic heterocycles. The van der Waals surface area contributed by atoms with Crippen LogP contribution in [0.4, 0.5) is 26.3 Å². The fourth-order valence-corrected chi connectivity index (χ4v) is 3.59. The van der Waals surface area contributed by atoms with Gasteiger partial charge in [0.05, 0.1) is 5.41 Å². The van der Waals surface area contributed by atoms with E-state index < -0.39 is 48.2 Å². The minimum atomic E-state index is -5.94. The van der Waals surface area contributed by atoms with Crippen molar-refractivity contribution in [1.29, 1.82) is 0 Å². The van der Waals surface area contributed by atoms with Gasteiger partial charge < -0.3 is 8.37 Å². The van der Waals surface area contributed by atoms with Gasteiger partial charge in [0.1, 0.15) is 11.5 Å². The van der Waals surface area contributed by atoms with Gasteiger partial charge in [0, 0.05) is 0 Å². The largest absolute Gasteiger partial charge is 0.534 e. The van der Waals surface area contributed by atoms with Gasteiger partial charge in [-0.15, -0.1) is 0 Å². The van der Waals surface area contributed by atoms with Crippen LogP contribution in [-0.4, -0.2) is 27.9 Å². The van der Waals surface area contributed by atoms with Crippen LogP contribution >= 0.6 is 0 Å². The average Bonchev–Trinajstić information content (AvgIpc) is 2.46. The first kappa shape index (κ1) is 21.6. The van der Waals surface area contributed by atoms with Crippen LogP contribution in [0.25, 0.3) is 0 Å². The summed E-state index contributed by atoms with van der Waals surface area (Å²) >= 11 is 0. The minimum Gasteiger partial charge on any atom is -0.380 e. The van der Waals surface area contributed by atoms with Crippen molar-refractivity contribution < 1.29 is 51.5 Å². The van der Waals surface area contributed by atoms with Gasteiger partial charge in [-0.1, -0.05) is 5.57 Å². The molecule has 0 saturated carbocycles. The molecule has 2 rings (SSSR count). The first-order chi connectivity index (χ1) is 12.0. The van der Waals surface area contributed by atoms with Crippen molar-refractivity contribution in [2.75, 3.05) is 0 Å². The smallest absolute Gasteiger partial charge is 0.380 e. The first-order valence-electron chi connectivity index (χ1n) is 7.13. The van der Waals surface area contributed by atoms with Gasteiger partial charge in [-0.25, -0.2) is 0 Å². The molecule has 0 amide bonds. The highest BCUT2D eigenvalue weighted by atomic mass is 32.2. The Kier molecular flexibility index (Phi) is 5.14. The highest BCUT2D eigenvalue weighted by Crippen LogP contribution is 2.49. The van der Waals surface area contributed by atoms with Gasteiger partial charge in [-0.2, -0.15) is 43.2 Å². The Balaban J connectivity index is 2.31. The van der Waals surface area contributed by atoms with Gasteiger partial charge in [-0.3, -0.25) is 0 Å². The fraction of sp³-hybridized carbons (Fsp3) is 0.538. The minimum absolute atomic E-state index is 0.0312. The van der Waals surface area contributed by atoms with E-state index in [0.717, 1.165) is 18.2 Å². The van der Waals surface area contributed by atoms with Crippen LogP contribution < -0.4 is 0 Å². The van der Waals surface area contributed by atoms with Gasteiger partial charge >= 0.3 is 31.3 Å². The van der Waals surface area contributed by atoms with E-state index in [2.05, 4.69) is 8.37 Å². The molecule has 27 heavy (non-hydrogen) atoms. The average molecular weight is 442 g/mol. The Morgan fingerprint density at radius 3 is 1.96 bits per heavy atom. The summed E-state index contributed by atoms with van der Waals surface area (Å²) in [5, 5.41) is 0. The molecule has 1 atom stereocenters. The lowest BCUT2D eigenvalue weighted by Gasteiger charge is -2.38. The molecule has 0 unspecified atom stereocenters. The topological polar surface area (TPSA) is 86.7 Å². The summed E-state index contributed by atoms with van der Waals surface area (Å²) in [5.74, 6) is -1.22. The van der Waals surface area contributed by atoms with E-state index in [0.29, 0.717) is 0 Å². The second kappa shape index (κ2) is 6.43. The van der Waals surface area contributed by atoms with Crippen LogP contribution in [0.1, 0.15) is 26.2 Å². The molecule has 6 nitrogen and oxygen atoms in total. The second-order valence-corrected chi connectivity index (χ2v) is 8.96. The Hall–Kier alpha value is -1.70. The molecule has 2 aliphatic carbocycles. The maximum atomic E-state index is 12.5. The van der Waals surface area contributed by atoms with E-state index in [9.17, 15) is 43.2 Å². The predicted molar refractivity (Wildman–Crippen MR) is 78.3 cm³/mol. The zero-order chi connectivity index (χ0) is 20.9. The van der Waals surface area contributed by atoms with Crippen LogP contribution in [0, 0.1) is 5.41 Å². The normalized spacial score (nSPS) is 24.3. The van der Waals surface area contributed by atoms with Crippen molar-refractivity contribution in [2.45, 2.75) is 37.2 Å². The maximum absolute atomic E-state index is 12.5. The molecule has 0 heterocycles. The summed E-state index contributed by atoms with van der Waals surface area (Å²) in [6.45, 7) is 1.32. The summed E-state index contributed by atoms with van der Waals surface area (Å²) in [5.41, 5.74) is -12.6. The second-order valence-electron chi connectivity index (χ2n) is 5.89. The summed E-state index contributed by atoms with van der Waals surface area (Å²) in [4.78, 5) is 0. The van der Waals surface area contributed by atoms with E-state index in [1.807, 2.05) is 0 Å². The standard InChI is InChI=1S/C13H12F6O6S2/c1-11-6-5-9(24-26(20,21)12(14,15)16)7-8(11)3-2-4-10(11)25-27(22,23)13(17,18)19/h4-5,7H,2-3,6H2,1H3/t11-/m0/s1. The molecular formula is C13H12F6O6S2. The van der Waals surface area contributed by atoms with Crippen molar-refractivity contribution in [3.63, 3.8) is 0 Å². The molecule has 0 N–H and O–H groups in total. The molecule has 0 aromatic rings. The number of halogens is 6. The van der Waals surface area contributed by atoms with Gasteiger partial charge in [0.2, 0.25) is 0 Å². The lowest BCUT2D eigenvalue weighted by Crippen LogP contribution is -2.34. The predicted octanol–water partition coefficient (Wildman–Crippen LogP) is 3.62. The SMILES string of the molecule is C[C@]12CC=C(OS(=O)(=O)C(F)(F)F)C=C1CCC=C2OS(=O)(=O)C(F)(F)F. The van der Waals surface area contributed by atoms with Crippen molar-refractivity contribution in [3.05, 3.63) is 35.3 Å². The van der Waals surface area contributed by atoms with Crippen molar-refractivity contribution in [2.24, 2.45) is 5.41 Å². The molecule has 0 fully saturated rings. The molecule has 154 valence electrons. The van der Waals surface area contributed by atoms with Gasteiger partial charge in [-0.05, 0) is 44.4 Å². The summed E-state index contributed by atoms with van der Waals surface area (Å²) in [6, 6.07) is 0. The zero-order valence-electron chi connectivity index (χ0n) is 13.4. The van der Waals surface area contributed by atoms with Crippen LogP contribution in [0.2, 0.25) is 0 Å². The third-order valence-electron chi connectivity index (χ3n) is 4.00. The number of hydrogen-bond donors (Lipinski definition) is 0. The Morgan fingerprint density at radius 1 is 0.926 bits per heavy atom. The van der Waals surface area contributed by atoms with E-state index in [1.165, 1.54) is 6.92 Å². The molecule has 0 spiro atoms. The van der Waals surface area contributed by atoms with E-state index >= 15 is 0 Å². The molecule has 14 heteroatoms. The number of hydrogen-bond acceptors (Lipinski definition) is 6. The lowest BCUT2D eigenvalue weighted by molar-refractivity contribution is -0.0531. The molecule has 0 radical (unpaired) electrons. The molecule has 0 aromatic heterocycles. The maximum Gasteiger partial charge on any atom is 0.534 e. The molecule has 0 aromatic carbocycles. The Bertz CT molecular complexity index is 923. The van der Waals surface area contributed by atoms with E-state index in [4.69, 9.17) is 0 Å². The quantitative estimate of drug-likeness (QED) is 0.376. The van der Waals surface area contributed by atoms with E-state index in [1.54, 1.807) is 0 Å². The van der Waals surface area contributed by atoms with Gasteiger partial charge in [0.15, 0.2) is 0 Å². The molecular weight excluding hydrogens is 430 g/mol. The molecule has 0 saturated heterocycles. The number of allylic oxidation sites excluding steroid dienone is 4. The highest BCUT2D eigenvalue weighted by molar-refractivity contribution is 7.88. The number of fused-ring (bicyclic) bond motifs is 1. The van der Waals surface area contributed by atoms with Crippen LogP contribution in [-0.2, 0) is 28.6 Å². The number of alkyl halides is 6. The van der Waals surface area contributed by atoms with Crippen LogP contribution in [0.3, 0.4) is 0 Å². The Morgan fingerprint density at radius 2 is 1.44 bits per heavy atom. The van der Waals surface area contributed by atoms with Crippen LogP contribution in [0.5, 0.6) is 0 Å². The highest BCUT2D eigenvalue weighted by Gasteiger charge is 2.52. The summed E-state index contributed by atoms with van der Waals surface area (Å²) < 4.78 is 128. The lowest BCUT2D eigenvalue weighted by atomic mass is 9.70. The van der Waals surface area contributed by atoms with Crippen molar-refractivity contribution in [1.82, 2.24) is 0 Å². The summed E-state index contributed by atoms with van der Waals surface area (Å²) in [6.07, 6.45) is 2.78. The van der Waals surface area contributed by atoms with E-state index in [-0.39, 0.29) is 24.8 Å². The first-order valence-corrected chi connectivity index (χ1v) is 9.95. The van der Waals surface area contributed by atoms with Crippen molar-refractivity contribution >= 4 is 20.2 Å². The number of rotatable bonds is 4. The zero-order valence-corrected chi connectivity index (χ0v) is 15.0. The van der Waals surface area contributed by atoms with Gasteiger partial charge in [0.25, 0.3) is 0 Å². The third-order valence-corrected chi connectivity index (χ3v) is 5.94. The van der Waals surface area contributed by atoms with Crippen molar-refractivity contribution in [3.8, 4) is 0 Å². The molecule has 0 bridgehead atoms. The van der Waals surface area contributed by atoms with Crippen LogP contribution in [0.15, 0.2) is 35.3 Å². The fourth-order valence-electron chi connectivity index (χ4n) is 2.54. The summed E-state index contributed by atoms with van der Waals surface area (Å²) in [7, 11) is -11.9. The third kappa shape index (κ3) is 4.10. The molecule has 2 aliphatic rings. The Labute approximate surface area is 150 Å². The monoisotopic (exact) mass is 442 g/mol.